The fourth-order valence-electron chi connectivity index (χ4n) is 4.73. The SMILES string of the molecule is N[C@](Cc1ccccc1)(C(=O)OCC1c2ccccc2-c2ccccc21)C(=O)Oc1c(F)c(F)c(F)c(F)c1F. The summed E-state index contributed by atoms with van der Waals surface area (Å²) in [5.74, 6) is -17.2. The Kier molecular flexibility index (Phi) is 7.12. The predicted octanol–water partition coefficient (Wildman–Crippen LogP) is 5.58. The third-order valence-electron chi connectivity index (χ3n) is 6.76. The lowest BCUT2D eigenvalue weighted by molar-refractivity contribution is -0.160. The van der Waals surface area contributed by atoms with Crippen LogP contribution in [0.4, 0.5) is 22.0 Å². The maximum Gasteiger partial charge on any atom is 0.343 e. The van der Waals surface area contributed by atoms with E-state index in [1.54, 1.807) is 18.2 Å². The zero-order valence-electron chi connectivity index (χ0n) is 20.6. The van der Waals surface area contributed by atoms with Crippen LogP contribution in [0.3, 0.4) is 0 Å². The lowest BCUT2D eigenvalue weighted by Crippen LogP contribution is -2.59. The molecule has 0 aliphatic heterocycles. The van der Waals surface area contributed by atoms with Crippen molar-refractivity contribution in [3.05, 3.63) is 125 Å². The largest absolute Gasteiger partial charge is 0.463 e. The first-order chi connectivity index (χ1) is 19.1. The summed E-state index contributed by atoms with van der Waals surface area (Å²) in [7, 11) is 0. The second-order valence-electron chi connectivity index (χ2n) is 9.25. The maximum atomic E-state index is 14.3. The molecule has 4 aromatic carbocycles. The van der Waals surface area contributed by atoms with Crippen LogP contribution in [0.5, 0.6) is 5.75 Å². The molecule has 5 nitrogen and oxygen atoms in total. The number of hydrogen-bond acceptors (Lipinski definition) is 5. The Bertz CT molecular complexity index is 1550. The number of fused-ring (bicyclic) bond motifs is 3. The topological polar surface area (TPSA) is 78.6 Å². The molecule has 0 saturated heterocycles. The molecule has 0 bridgehead atoms. The molecule has 5 rings (SSSR count). The summed E-state index contributed by atoms with van der Waals surface area (Å²) < 4.78 is 79.5. The number of carbonyl (C=O) groups is 2. The summed E-state index contributed by atoms with van der Waals surface area (Å²) in [6, 6.07) is 22.8. The van der Waals surface area contributed by atoms with E-state index in [-0.39, 0.29) is 6.61 Å². The minimum absolute atomic E-state index is 0.254. The van der Waals surface area contributed by atoms with E-state index in [1.165, 1.54) is 12.1 Å². The lowest BCUT2D eigenvalue weighted by atomic mass is 9.91. The van der Waals surface area contributed by atoms with Crippen LogP contribution in [0, 0.1) is 29.1 Å². The molecule has 1 aliphatic rings. The van der Waals surface area contributed by atoms with E-state index in [1.807, 2.05) is 48.5 Å². The molecule has 40 heavy (non-hydrogen) atoms. The molecule has 0 aromatic heterocycles. The van der Waals surface area contributed by atoms with Gasteiger partial charge in [-0.1, -0.05) is 78.9 Å². The monoisotopic (exact) mass is 553 g/mol. The number of hydrogen-bond donors (Lipinski definition) is 1. The van der Waals surface area contributed by atoms with Crippen LogP contribution in [0.25, 0.3) is 11.1 Å². The third kappa shape index (κ3) is 4.60. The molecular formula is C30H20F5NO4. The first-order valence-electron chi connectivity index (χ1n) is 12.1. The van der Waals surface area contributed by atoms with Gasteiger partial charge in [-0.25, -0.2) is 22.8 Å². The molecule has 1 aliphatic carbocycles. The molecule has 2 N–H and O–H groups in total. The number of esters is 2. The second kappa shape index (κ2) is 10.5. The van der Waals surface area contributed by atoms with Gasteiger partial charge in [0.25, 0.3) is 0 Å². The highest BCUT2D eigenvalue weighted by Crippen LogP contribution is 2.44. The van der Waals surface area contributed by atoms with Gasteiger partial charge < -0.3 is 15.2 Å². The Labute approximate surface area is 225 Å². The Morgan fingerprint density at radius 3 is 1.70 bits per heavy atom. The van der Waals surface area contributed by atoms with Crippen molar-refractivity contribution >= 4 is 11.9 Å². The summed E-state index contributed by atoms with van der Waals surface area (Å²) in [6.45, 7) is -0.254. The van der Waals surface area contributed by atoms with E-state index >= 15 is 0 Å². The van der Waals surface area contributed by atoms with Crippen molar-refractivity contribution < 1.29 is 41.0 Å². The van der Waals surface area contributed by atoms with E-state index in [0.29, 0.717) is 5.56 Å². The summed E-state index contributed by atoms with van der Waals surface area (Å²) in [5.41, 5.74) is 7.43. The minimum atomic E-state index is -2.71. The first kappa shape index (κ1) is 27.0. The van der Waals surface area contributed by atoms with Crippen molar-refractivity contribution in [3.63, 3.8) is 0 Å². The molecule has 0 unspecified atom stereocenters. The second-order valence-corrected chi connectivity index (χ2v) is 9.25. The average Bonchev–Trinajstić information content (AvgIpc) is 3.29. The van der Waals surface area contributed by atoms with Crippen molar-refractivity contribution in [2.75, 3.05) is 6.61 Å². The molecule has 4 aromatic rings. The number of rotatable bonds is 7. The van der Waals surface area contributed by atoms with Gasteiger partial charge in [-0.2, -0.15) is 8.78 Å². The van der Waals surface area contributed by atoms with E-state index in [2.05, 4.69) is 4.74 Å². The maximum absolute atomic E-state index is 14.3. The fraction of sp³-hybridized carbons (Fsp3) is 0.133. The number of ether oxygens (including phenoxy) is 2. The van der Waals surface area contributed by atoms with Gasteiger partial charge in [-0.3, -0.25) is 0 Å². The standard InChI is InChI=1S/C30H20F5NO4/c31-22-23(32)25(34)27(26(35)24(22)33)40-29(38)30(36,14-16-8-2-1-3-9-16)28(37)39-15-21-19-12-6-4-10-17(19)18-11-5-7-13-20(18)21/h1-13,21H,14-15,36H2/t30-/m1/s1. The fourth-order valence-corrected chi connectivity index (χ4v) is 4.73. The Balaban J connectivity index is 1.46. The predicted molar refractivity (Wildman–Crippen MR) is 134 cm³/mol. The van der Waals surface area contributed by atoms with E-state index in [9.17, 15) is 31.5 Å². The highest BCUT2D eigenvalue weighted by Gasteiger charge is 2.47. The highest BCUT2D eigenvalue weighted by molar-refractivity contribution is 6.05. The number of benzene rings is 4. The summed E-state index contributed by atoms with van der Waals surface area (Å²) in [4.78, 5) is 26.6. The molecule has 0 fully saturated rings. The van der Waals surface area contributed by atoms with Crippen molar-refractivity contribution in [1.82, 2.24) is 0 Å². The van der Waals surface area contributed by atoms with Gasteiger partial charge in [-0.15, -0.1) is 0 Å². The van der Waals surface area contributed by atoms with Gasteiger partial charge in [0.1, 0.15) is 6.61 Å². The van der Waals surface area contributed by atoms with Crippen molar-refractivity contribution in [1.29, 1.82) is 0 Å². The molecule has 0 spiro atoms. The van der Waals surface area contributed by atoms with Crippen LogP contribution >= 0.6 is 0 Å². The van der Waals surface area contributed by atoms with Gasteiger partial charge in [0.05, 0.1) is 0 Å². The van der Waals surface area contributed by atoms with Crippen molar-refractivity contribution in [2.24, 2.45) is 5.73 Å². The molecule has 0 amide bonds. The van der Waals surface area contributed by atoms with Crippen LogP contribution in [0.15, 0.2) is 78.9 Å². The summed E-state index contributed by atoms with van der Waals surface area (Å²) >= 11 is 0. The molecule has 0 saturated carbocycles. The first-order valence-corrected chi connectivity index (χ1v) is 12.1. The third-order valence-corrected chi connectivity index (χ3v) is 6.76. The van der Waals surface area contributed by atoms with Crippen LogP contribution in [0.1, 0.15) is 22.6 Å². The van der Waals surface area contributed by atoms with Gasteiger partial charge in [0, 0.05) is 12.3 Å². The zero-order chi connectivity index (χ0) is 28.6. The van der Waals surface area contributed by atoms with Crippen LogP contribution in [-0.4, -0.2) is 24.1 Å². The Morgan fingerprint density at radius 2 is 1.15 bits per heavy atom. The Hall–Kier alpha value is -4.57. The average molecular weight is 553 g/mol. The quantitative estimate of drug-likeness (QED) is 0.0807. The van der Waals surface area contributed by atoms with E-state index in [0.717, 1.165) is 22.3 Å². The summed E-state index contributed by atoms with van der Waals surface area (Å²) in [6.07, 6.45) is -0.557. The summed E-state index contributed by atoms with van der Waals surface area (Å²) in [5, 5.41) is 0. The highest BCUT2D eigenvalue weighted by atomic mass is 19.2. The Morgan fingerprint density at radius 1 is 0.675 bits per heavy atom. The van der Waals surface area contributed by atoms with Gasteiger partial charge in [-0.05, 0) is 27.8 Å². The van der Waals surface area contributed by atoms with Crippen LogP contribution in [-0.2, 0) is 20.7 Å². The smallest absolute Gasteiger partial charge is 0.343 e. The molecule has 0 heterocycles. The van der Waals surface area contributed by atoms with Crippen molar-refractivity contribution in [3.8, 4) is 16.9 Å². The van der Waals surface area contributed by atoms with E-state index in [4.69, 9.17) is 10.5 Å². The molecule has 10 heteroatoms. The number of nitrogens with two attached hydrogens (primary N) is 1. The molecule has 0 radical (unpaired) electrons. The number of carbonyl (C=O) groups excluding carboxylic acids is 2. The normalized spacial score (nSPS) is 13.8. The molecular weight excluding hydrogens is 533 g/mol. The number of halogens is 5. The molecule has 204 valence electrons. The van der Waals surface area contributed by atoms with Crippen LogP contribution in [0.2, 0.25) is 0 Å². The zero-order valence-corrected chi connectivity index (χ0v) is 20.6. The van der Waals surface area contributed by atoms with Crippen molar-refractivity contribution in [2.45, 2.75) is 17.9 Å². The van der Waals surface area contributed by atoms with Gasteiger partial charge in [0.2, 0.25) is 40.4 Å². The van der Waals surface area contributed by atoms with Gasteiger partial charge >= 0.3 is 11.9 Å². The van der Waals surface area contributed by atoms with Crippen LogP contribution < -0.4 is 10.5 Å². The lowest BCUT2D eigenvalue weighted by Gasteiger charge is -2.26. The van der Waals surface area contributed by atoms with E-state index < -0.39 is 64.7 Å². The minimum Gasteiger partial charge on any atom is -0.463 e. The molecule has 1 atom stereocenters. The van der Waals surface area contributed by atoms with Gasteiger partial charge in [0.15, 0.2) is 0 Å².